The molecule has 4 rings (SSSR count). The molecule has 3 aromatic rings. The zero-order valence-electron chi connectivity index (χ0n) is 14.0. The summed E-state index contributed by atoms with van der Waals surface area (Å²) in [5.41, 5.74) is 5.40. The highest BCUT2D eigenvalue weighted by atomic mass is 19.1. The van der Waals surface area contributed by atoms with E-state index in [-0.39, 0.29) is 5.82 Å². The van der Waals surface area contributed by atoms with Crippen molar-refractivity contribution >= 4 is 0 Å². The molecule has 0 fully saturated rings. The zero-order valence-corrected chi connectivity index (χ0v) is 14.0. The smallest absolute Gasteiger partial charge is 0.133 e. The first-order valence-electron chi connectivity index (χ1n) is 8.69. The number of aromatic nitrogens is 2. The third-order valence-corrected chi connectivity index (χ3v) is 4.55. The molecule has 0 bridgehead atoms. The van der Waals surface area contributed by atoms with Crippen molar-refractivity contribution in [3.8, 4) is 11.3 Å². The molecule has 4 heteroatoms. The van der Waals surface area contributed by atoms with Gasteiger partial charge in [0.25, 0.3) is 0 Å². The third-order valence-electron chi connectivity index (χ3n) is 4.55. The summed E-state index contributed by atoms with van der Waals surface area (Å²) in [5.74, 6) is 0.598. The van der Waals surface area contributed by atoms with Gasteiger partial charge in [0.2, 0.25) is 0 Å². The highest BCUT2D eigenvalue weighted by Gasteiger charge is 2.18. The van der Waals surface area contributed by atoms with E-state index < -0.39 is 0 Å². The number of nitrogens with zero attached hydrogens (tertiary/aromatic N) is 2. The Kier molecular flexibility index (Phi) is 4.53. The standard InChI is InChI=1S/C21H20FN3/c22-17-8-6-16(7-9-17)21-18-10-12-23-13-11-19(18)24-20(25-21)14-15-4-2-1-3-5-15/h1-9,23H,10-14H2. The van der Waals surface area contributed by atoms with Crippen LogP contribution in [0.1, 0.15) is 22.6 Å². The first-order valence-corrected chi connectivity index (χ1v) is 8.69. The van der Waals surface area contributed by atoms with Crippen molar-refractivity contribution in [2.45, 2.75) is 19.3 Å². The van der Waals surface area contributed by atoms with Crippen LogP contribution in [0.5, 0.6) is 0 Å². The van der Waals surface area contributed by atoms with Crippen LogP contribution < -0.4 is 5.32 Å². The Morgan fingerprint density at radius 2 is 1.64 bits per heavy atom. The van der Waals surface area contributed by atoms with E-state index in [1.54, 1.807) is 0 Å². The summed E-state index contributed by atoms with van der Waals surface area (Å²) in [6.45, 7) is 1.85. The summed E-state index contributed by atoms with van der Waals surface area (Å²) in [6, 6.07) is 16.9. The van der Waals surface area contributed by atoms with E-state index >= 15 is 0 Å². The molecule has 1 aromatic heterocycles. The summed E-state index contributed by atoms with van der Waals surface area (Å²) < 4.78 is 13.3. The quantitative estimate of drug-likeness (QED) is 0.796. The predicted molar refractivity (Wildman–Crippen MR) is 97.0 cm³/mol. The van der Waals surface area contributed by atoms with Crippen LogP contribution in [-0.2, 0) is 19.3 Å². The molecular weight excluding hydrogens is 313 g/mol. The molecule has 0 atom stereocenters. The second kappa shape index (κ2) is 7.11. The van der Waals surface area contributed by atoms with Crippen molar-refractivity contribution in [3.63, 3.8) is 0 Å². The second-order valence-corrected chi connectivity index (χ2v) is 6.33. The number of rotatable bonds is 3. The van der Waals surface area contributed by atoms with Crippen LogP contribution in [0.3, 0.4) is 0 Å². The summed E-state index contributed by atoms with van der Waals surface area (Å²) in [4.78, 5) is 9.71. The summed E-state index contributed by atoms with van der Waals surface area (Å²) in [6.07, 6.45) is 2.50. The molecule has 0 aliphatic carbocycles. The van der Waals surface area contributed by atoms with Crippen LogP contribution in [0, 0.1) is 5.82 Å². The van der Waals surface area contributed by atoms with Gasteiger partial charge in [0, 0.05) is 36.2 Å². The van der Waals surface area contributed by atoms with Gasteiger partial charge in [0.1, 0.15) is 11.6 Å². The lowest BCUT2D eigenvalue weighted by molar-refractivity contribution is 0.628. The van der Waals surface area contributed by atoms with Crippen LogP contribution in [0.15, 0.2) is 54.6 Å². The Hall–Kier alpha value is -2.59. The average molecular weight is 333 g/mol. The van der Waals surface area contributed by atoms with Gasteiger partial charge in [-0.15, -0.1) is 0 Å². The molecule has 25 heavy (non-hydrogen) atoms. The van der Waals surface area contributed by atoms with Gasteiger partial charge in [-0.3, -0.25) is 0 Å². The largest absolute Gasteiger partial charge is 0.316 e. The molecule has 1 aliphatic heterocycles. The lowest BCUT2D eigenvalue weighted by Crippen LogP contribution is -2.16. The van der Waals surface area contributed by atoms with Gasteiger partial charge in [0.15, 0.2) is 0 Å². The van der Waals surface area contributed by atoms with E-state index in [0.29, 0.717) is 6.42 Å². The van der Waals surface area contributed by atoms with Crippen molar-refractivity contribution in [3.05, 3.63) is 83.1 Å². The first kappa shape index (κ1) is 15.9. The van der Waals surface area contributed by atoms with Gasteiger partial charge < -0.3 is 5.32 Å². The normalized spacial score (nSPS) is 14.0. The van der Waals surface area contributed by atoms with Gasteiger partial charge in [-0.1, -0.05) is 30.3 Å². The van der Waals surface area contributed by atoms with Crippen LogP contribution in [0.2, 0.25) is 0 Å². The van der Waals surface area contributed by atoms with Gasteiger partial charge in [-0.25, -0.2) is 14.4 Å². The van der Waals surface area contributed by atoms with Gasteiger partial charge >= 0.3 is 0 Å². The summed E-state index contributed by atoms with van der Waals surface area (Å²) in [7, 11) is 0. The fourth-order valence-electron chi connectivity index (χ4n) is 3.30. The molecule has 3 nitrogen and oxygen atoms in total. The number of benzene rings is 2. The van der Waals surface area contributed by atoms with Crippen molar-refractivity contribution in [1.82, 2.24) is 15.3 Å². The fourth-order valence-corrected chi connectivity index (χ4v) is 3.30. The average Bonchev–Trinajstić information content (AvgIpc) is 2.88. The Morgan fingerprint density at radius 3 is 2.44 bits per heavy atom. The number of hydrogen-bond acceptors (Lipinski definition) is 3. The highest BCUT2D eigenvalue weighted by Crippen LogP contribution is 2.26. The molecule has 0 saturated carbocycles. The first-order chi connectivity index (χ1) is 12.3. The highest BCUT2D eigenvalue weighted by molar-refractivity contribution is 5.64. The molecule has 0 saturated heterocycles. The van der Waals surface area contributed by atoms with Crippen LogP contribution in [0.25, 0.3) is 11.3 Å². The Labute approximate surface area is 147 Å². The van der Waals surface area contributed by atoms with Gasteiger partial charge in [-0.2, -0.15) is 0 Å². The molecule has 1 N–H and O–H groups in total. The maximum absolute atomic E-state index is 13.3. The molecule has 2 aromatic carbocycles. The maximum Gasteiger partial charge on any atom is 0.133 e. The molecule has 126 valence electrons. The van der Waals surface area contributed by atoms with Crippen molar-refractivity contribution in [2.75, 3.05) is 13.1 Å². The van der Waals surface area contributed by atoms with E-state index in [9.17, 15) is 4.39 Å². The number of hydrogen-bond donors (Lipinski definition) is 1. The lowest BCUT2D eigenvalue weighted by atomic mass is 10.0. The van der Waals surface area contributed by atoms with Gasteiger partial charge in [-0.05, 0) is 42.8 Å². The van der Waals surface area contributed by atoms with Crippen molar-refractivity contribution in [2.24, 2.45) is 0 Å². The Bertz CT molecular complexity index is 860. The number of nitrogens with one attached hydrogen (secondary N) is 1. The monoisotopic (exact) mass is 333 g/mol. The lowest BCUT2D eigenvalue weighted by Gasteiger charge is -2.14. The second-order valence-electron chi connectivity index (χ2n) is 6.33. The van der Waals surface area contributed by atoms with Crippen molar-refractivity contribution < 1.29 is 4.39 Å². The molecule has 0 radical (unpaired) electrons. The number of halogens is 1. The van der Waals surface area contributed by atoms with Crippen LogP contribution >= 0.6 is 0 Å². The maximum atomic E-state index is 13.3. The molecule has 2 heterocycles. The number of fused-ring (bicyclic) bond motifs is 1. The van der Waals surface area contributed by atoms with Gasteiger partial charge in [0.05, 0.1) is 5.69 Å². The Morgan fingerprint density at radius 1 is 0.880 bits per heavy atom. The van der Waals surface area contributed by atoms with E-state index in [2.05, 4.69) is 17.4 Å². The minimum atomic E-state index is -0.227. The minimum absolute atomic E-state index is 0.227. The van der Waals surface area contributed by atoms with Crippen molar-refractivity contribution in [1.29, 1.82) is 0 Å². The predicted octanol–water partition coefficient (Wildman–Crippen LogP) is 3.56. The summed E-state index contributed by atoms with van der Waals surface area (Å²) in [5, 5.41) is 3.42. The van der Waals surface area contributed by atoms with E-state index in [1.807, 2.05) is 30.3 Å². The molecule has 1 aliphatic rings. The molecule has 0 spiro atoms. The SMILES string of the molecule is Fc1ccc(-c2nc(Cc3ccccc3)nc3c2CCNCC3)cc1. The molecule has 0 amide bonds. The van der Waals surface area contributed by atoms with E-state index in [1.165, 1.54) is 23.3 Å². The molecular formula is C21H20FN3. The van der Waals surface area contributed by atoms with E-state index in [4.69, 9.17) is 9.97 Å². The van der Waals surface area contributed by atoms with E-state index in [0.717, 1.165) is 48.7 Å². The topological polar surface area (TPSA) is 37.8 Å². The third kappa shape index (κ3) is 3.59. The zero-order chi connectivity index (χ0) is 17.1. The fraction of sp³-hybridized carbons (Fsp3) is 0.238. The van der Waals surface area contributed by atoms with Crippen LogP contribution in [0.4, 0.5) is 4.39 Å². The molecule has 0 unspecified atom stereocenters. The van der Waals surface area contributed by atoms with Crippen LogP contribution in [-0.4, -0.2) is 23.1 Å². The minimum Gasteiger partial charge on any atom is -0.316 e. The summed E-state index contributed by atoms with van der Waals surface area (Å²) >= 11 is 0. The Balaban J connectivity index is 1.80.